The molecule has 0 saturated heterocycles. The van der Waals surface area contributed by atoms with Gasteiger partial charge in [-0.3, -0.25) is 0 Å². The van der Waals surface area contributed by atoms with E-state index >= 15 is 0 Å². The van der Waals surface area contributed by atoms with Gasteiger partial charge in [0.25, 0.3) is 0 Å². The van der Waals surface area contributed by atoms with Crippen LogP contribution in [0.25, 0.3) is 77.2 Å². The predicted molar refractivity (Wildman–Crippen MR) is 195 cm³/mol. The van der Waals surface area contributed by atoms with Gasteiger partial charge in [-0.05, 0) is 71.3 Å². The summed E-state index contributed by atoms with van der Waals surface area (Å²) in [4.78, 5) is 0. The smallest absolute Gasteiger partial charge is 0.0992 e. The van der Waals surface area contributed by atoms with Crippen molar-refractivity contribution < 1.29 is 0 Å². The number of nitriles is 2. The molecule has 0 fully saturated rings. The van der Waals surface area contributed by atoms with Crippen LogP contribution in [-0.4, -0.2) is 9.13 Å². The Labute approximate surface area is 277 Å². The average molecular weight is 611 g/mol. The highest BCUT2D eigenvalue weighted by Gasteiger charge is 2.19. The molecule has 2 aromatic heterocycles. The SMILES string of the molecule is N#Cc1cc(-c2ccccc2-c2ccc(C#N)cc2-n2c3ccccc3c3ccccc32)cc(-n2c3ccccc3c3ccccc32)c1. The van der Waals surface area contributed by atoms with Crippen LogP contribution >= 0.6 is 0 Å². The maximum atomic E-state index is 10.3. The summed E-state index contributed by atoms with van der Waals surface area (Å²) in [7, 11) is 0. The molecule has 0 aliphatic heterocycles. The van der Waals surface area contributed by atoms with Crippen LogP contribution in [0.4, 0.5) is 0 Å². The van der Waals surface area contributed by atoms with Crippen LogP contribution in [-0.2, 0) is 0 Å². The van der Waals surface area contributed by atoms with Crippen LogP contribution < -0.4 is 0 Å². The minimum Gasteiger partial charge on any atom is -0.309 e. The zero-order valence-electron chi connectivity index (χ0n) is 25.8. The van der Waals surface area contributed by atoms with E-state index in [2.05, 4.69) is 149 Å². The molecule has 0 saturated carbocycles. The molecule has 9 aromatic rings. The third kappa shape index (κ3) is 4.14. The molecule has 0 spiro atoms. The summed E-state index contributed by atoms with van der Waals surface area (Å²) in [5, 5.41) is 25.0. The molecule has 0 atom stereocenters. The first kappa shape index (κ1) is 27.4. The molecule has 0 amide bonds. The second-order valence-electron chi connectivity index (χ2n) is 12.0. The normalized spacial score (nSPS) is 11.3. The lowest BCUT2D eigenvalue weighted by Gasteiger charge is -2.18. The van der Waals surface area contributed by atoms with Gasteiger partial charge in [0.05, 0.1) is 51.0 Å². The Hall–Kier alpha value is -6.88. The topological polar surface area (TPSA) is 57.4 Å². The van der Waals surface area contributed by atoms with Crippen molar-refractivity contribution in [3.8, 4) is 45.8 Å². The lowest BCUT2D eigenvalue weighted by molar-refractivity contribution is 1.17. The number of nitrogens with zero attached hydrogens (tertiary/aromatic N) is 4. The van der Waals surface area contributed by atoms with E-state index in [0.29, 0.717) is 11.1 Å². The molecular formula is C44H26N4. The van der Waals surface area contributed by atoms with Crippen molar-refractivity contribution in [1.82, 2.24) is 9.13 Å². The third-order valence-corrected chi connectivity index (χ3v) is 9.36. The van der Waals surface area contributed by atoms with Crippen molar-refractivity contribution in [2.75, 3.05) is 0 Å². The van der Waals surface area contributed by atoms with Gasteiger partial charge in [-0.1, -0.05) is 103 Å². The molecule has 7 aromatic carbocycles. The summed E-state index contributed by atoms with van der Waals surface area (Å²) in [6, 6.07) is 58.9. The van der Waals surface area contributed by atoms with Crippen molar-refractivity contribution in [2.45, 2.75) is 0 Å². The van der Waals surface area contributed by atoms with Crippen LogP contribution in [0, 0.1) is 22.7 Å². The number of rotatable bonds is 4. The fraction of sp³-hybridized carbons (Fsp3) is 0. The number of hydrogen-bond donors (Lipinski definition) is 0. The van der Waals surface area contributed by atoms with E-state index in [-0.39, 0.29) is 0 Å². The predicted octanol–water partition coefficient (Wildman–Crippen LogP) is 11.0. The van der Waals surface area contributed by atoms with Gasteiger partial charge in [-0.25, -0.2) is 0 Å². The number of benzene rings is 7. The fourth-order valence-corrected chi connectivity index (χ4v) is 7.33. The minimum absolute atomic E-state index is 0.585. The van der Waals surface area contributed by atoms with Crippen molar-refractivity contribution in [2.24, 2.45) is 0 Å². The Balaban J connectivity index is 1.31. The first-order valence-corrected chi connectivity index (χ1v) is 15.9. The van der Waals surface area contributed by atoms with E-state index in [1.54, 1.807) is 0 Å². The first-order chi connectivity index (χ1) is 23.7. The van der Waals surface area contributed by atoms with Gasteiger partial charge < -0.3 is 9.13 Å². The molecule has 0 aliphatic rings. The minimum atomic E-state index is 0.585. The van der Waals surface area contributed by atoms with Crippen LogP contribution in [0.15, 0.2) is 158 Å². The van der Waals surface area contributed by atoms with Crippen LogP contribution in [0.5, 0.6) is 0 Å². The van der Waals surface area contributed by atoms with E-state index in [9.17, 15) is 10.5 Å². The van der Waals surface area contributed by atoms with Gasteiger partial charge in [0.2, 0.25) is 0 Å². The van der Waals surface area contributed by atoms with Crippen LogP contribution in [0.1, 0.15) is 11.1 Å². The molecule has 0 radical (unpaired) electrons. The Morgan fingerprint density at radius 2 is 0.854 bits per heavy atom. The lowest BCUT2D eigenvalue weighted by atomic mass is 9.91. The highest BCUT2D eigenvalue weighted by atomic mass is 15.0. The van der Waals surface area contributed by atoms with Gasteiger partial charge in [0, 0.05) is 32.8 Å². The zero-order valence-corrected chi connectivity index (χ0v) is 25.8. The van der Waals surface area contributed by atoms with Gasteiger partial charge in [0.1, 0.15) is 0 Å². The van der Waals surface area contributed by atoms with Crippen LogP contribution in [0.3, 0.4) is 0 Å². The molecule has 48 heavy (non-hydrogen) atoms. The number of hydrogen-bond acceptors (Lipinski definition) is 2. The standard InChI is InChI=1S/C44H26N4/c45-27-29-21-22-39(44(25-29)48-42-19-9-5-15-37(42)38-16-6-10-20-43(38)48)34-12-2-1-11-33(34)31-23-30(28-46)24-32(26-31)47-40-17-7-3-13-35(40)36-14-4-8-18-41(36)47/h1-26H. The highest BCUT2D eigenvalue weighted by Crippen LogP contribution is 2.41. The Morgan fingerprint density at radius 3 is 1.40 bits per heavy atom. The molecule has 0 aliphatic carbocycles. The maximum Gasteiger partial charge on any atom is 0.0992 e. The Bertz CT molecular complexity index is 2710. The van der Waals surface area contributed by atoms with Gasteiger partial charge in [-0.2, -0.15) is 10.5 Å². The fourth-order valence-electron chi connectivity index (χ4n) is 7.33. The molecule has 222 valence electrons. The van der Waals surface area contributed by atoms with Crippen molar-refractivity contribution in [3.63, 3.8) is 0 Å². The van der Waals surface area contributed by atoms with Gasteiger partial charge in [-0.15, -0.1) is 0 Å². The number of aromatic nitrogens is 2. The summed E-state index contributed by atoms with van der Waals surface area (Å²) in [6.07, 6.45) is 0. The van der Waals surface area contributed by atoms with E-state index in [1.807, 2.05) is 30.3 Å². The molecular weight excluding hydrogens is 585 g/mol. The second kappa shape index (κ2) is 10.9. The summed E-state index contributed by atoms with van der Waals surface area (Å²) >= 11 is 0. The summed E-state index contributed by atoms with van der Waals surface area (Å²) in [5.41, 5.74) is 11.3. The quantitative estimate of drug-likeness (QED) is 0.199. The van der Waals surface area contributed by atoms with E-state index in [4.69, 9.17) is 0 Å². The summed E-state index contributed by atoms with van der Waals surface area (Å²) < 4.78 is 4.52. The number of para-hydroxylation sites is 4. The van der Waals surface area contributed by atoms with Gasteiger partial charge >= 0.3 is 0 Å². The summed E-state index contributed by atoms with van der Waals surface area (Å²) in [6.45, 7) is 0. The van der Waals surface area contributed by atoms with E-state index < -0.39 is 0 Å². The van der Waals surface area contributed by atoms with E-state index in [1.165, 1.54) is 10.8 Å². The van der Waals surface area contributed by atoms with Crippen molar-refractivity contribution >= 4 is 43.6 Å². The molecule has 2 heterocycles. The molecule has 0 N–H and O–H groups in total. The largest absolute Gasteiger partial charge is 0.309 e. The Morgan fingerprint density at radius 1 is 0.375 bits per heavy atom. The van der Waals surface area contributed by atoms with Crippen molar-refractivity contribution in [1.29, 1.82) is 10.5 Å². The Kier molecular flexibility index (Phi) is 6.22. The number of fused-ring (bicyclic) bond motifs is 6. The molecule has 4 nitrogen and oxygen atoms in total. The zero-order chi connectivity index (χ0) is 32.2. The average Bonchev–Trinajstić information content (AvgIpc) is 3.67. The monoisotopic (exact) mass is 610 g/mol. The highest BCUT2D eigenvalue weighted by molar-refractivity contribution is 6.11. The van der Waals surface area contributed by atoms with Crippen LogP contribution in [0.2, 0.25) is 0 Å². The summed E-state index contributed by atoms with van der Waals surface area (Å²) in [5.74, 6) is 0. The lowest BCUT2D eigenvalue weighted by Crippen LogP contribution is -2.00. The van der Waals surface area contributed by atoms with Gasteiger partial charge in [0.15, 0.2) is 0 Å². The van der Waals surface area contributed by atoms with E-state index in [0.717, 1.165) is 66.5 Å². The van der Waals surface area contributed by atoms with Crippen molar-refractivity contribution in [3.05, 3.63) is 169 Å². The molecule has 0 unspecified atom stereocenters. The molecule has 4 heteroatoms. The maximum absolute atomic E-state index is 10.3. The molecule has 9 rings (SSSR count). The third-order valence-electron chi connectivity index (χ3n) is 9.36. The molecule has 0 bridgehead atoms. The second-order valence-corrected chi connectivity index (χ2v) is 12.0. The first-order valence-electron chi connectivity index (χ1n) is 15.9.